The van der Waals surface area contributed by atoms with Crippen molar-refractivity contribution in [3.05, 3.63) is 29.8 Å². The van der Waals surface area contributed by atoms with Crippen LogP contribution in [0.1, 0.15) is 32.8 Å². The second-order valence-electron chi connectivity index (χ2n) is 5.57. The van der Waals surface area contributed by atoms with Crippen LogP contribution in [0.5, 0.6) is 0 Å². The molecule has 0 aliphatic rings. The molecule has 0 aliphatic heterocycles. The molecule has 1 aromatic rings. The molecule has 0 fully saturated rings. The molecular formula is C15H24N2O3S. The molecule has 0 amide bonds. The fourth-order valence-electron chi connectivity index (χ4n) is 2.07. The van der Waals surface area contributed by atoms with Gasteiger partial charge in [-0.25, -0.2) is 8.42 Å². The summed E-state index contributed by atoms with van der Waals surface area (Å²) < 4.78 is 30.0. The van der Waals surface area contributed by atoms with Crippen molar-refractivity contribution in [1.29, 1.82) is 5.41 Å². The van der Waals surface area contributed by atoms with E-state index in [-0.39, 0.29) is 29.2 Å². The molecule has 0 aliphatic carbocycles. The monoisotopic (exact) mass is 312 g/mol. The first-order valence-electron chi connectivity index (χ1n) is 7.01. The van der Waals surface area contributed by atoms with E-state index in [1.807, 2.05) is 6.92 Å². The van der Waals surface area contributed by atoms with Gasteiger partial charge < -0.3 is 10.5 Å². The summed E-state index contributed by atoms with van der Waals surface area (Å²) in [5.74, 6) is 0.300. The van der Waals surface area contributed by atoms with Crippen LogP contribution in [-0.4, -0.2) is 32.7 Å². The third-order valence-corrected chi connectivity index (χ3v) is 4.74. The van der Waals surface area contributed by atoms with Crippen molar-refractivity contribution >= 4 is 15.7 Å². The number of hydrogen-bond donors (Lipinski definition) is 2. The molecule has 0 spiro atoms. The summed E-state index contributed by atoms with van der Waals surface area (Å²) in [5, 5.41) is 7.35. The predicted molar refractivity (Wildman–Crippen MR) is 84.4 cm³/mol. The zero-order valence-corrected chi connectivity index (χ0v) is 13.6. The van der Waals surface area contributed by atoms with Crippen LogP contribution in [0, 0.1) is 11.3 Å². The van der Waals surface area contributed by atoms with Crippen LogP contribution < -0.4 is 5.73 Å². The molecule has 1 aromatic carbocycles. The van der Waals surface area contributed by atoms with Gasteiger partial charge in [0.05, 0.1) is 23.4 Å². The van der Waals surface area contributed by atoms with E-state index in [2.05, 4.69) is 13.8 Å². The quantitative estimate of drug-likeness (QED) is 0.568. The minimum Gasteiger partial charge on any atom is -0.384 e. The minimum atomic E-state index is -3.42. The first-order valence-corrected chi connectivity index (χ1v) is 8.66. The Balaban J connectivity index is 2.65. The number of hydrogen-bond acceptors (Lipinski definition) is 4. The zero-order chi connectivity index (χ0) is 16.0. The molecule has 3 N–H and O–H groups in total. The van der Waals surface area contributed by atoms with Crippen LogP contribution >= 0.6 is 0 Å². The Morgan fingerprint density at radius 2 is 2.00 bits per heavy atom. The number of nitrogen functional groups attached to an aromatic ring is 1. The second kappa shape index (κ2) is 7.56. The average molecular weight is 312 g/mol. The van der Waals surface area contributed by atoms with Crippen molar-refractivity contribution in [3.8, 4) is 0 Å². The maximum Gasteiger partial charge on any atom is 0.180 e. The van der Waals surface area contributed by atoms with Gasteiger partial charge in [-0.15, -0.1) is 0 Å². The number of nitrogens with two attached hydrogens (primary N) is 1. The fraction of sp³-hybridized carbons (Fsp3) is 0.533. The Hall–Kier alpha value is -1.40. The van der Waals surface area contributed by atoms with Gasteiger partial charge in [0.15, 0.2) is 9.84 Å². The largest absolute Gasteiger partial charge is 0.384 e. The van der Waals surface area contributed by atoms with E-state index in [9.17, 15) is 8.42 Å². The van der Waals surface area contributed by atoms with Gasteiger partial charge >= 0.3 is 0 Å². The van der Waals surface area contributed by atoms with Gasteiger partial charge in [0, 0.05) is 5.56 Å². The molecular weight excluding hydrogens is 288 g/mol. The predicted octanol–water partition coefficient (Wildman–Crippen LogP) is 2.20. The third kappa shape index (κ3) is 5.85. The number of amidine groups is 1. The lowest BCUT2D eigenvalue weighted by Crippen LogP contribution is -2.19. The number of nitrogens with one attached hydrogen (secondary N) is 1. The van der Waals surface area contributed by atoms with Crippen molar-refractivity contribution in [2.45, 2.75) is 38.2 Å². The van der Waals surface area contributed by atoms with Crippen LogP contribution in [0.3, 0.4) is 0 Å². The Morgan fingerprint density at radius 1 is 1.33 bits per heavy atom. The molecule has 0 saturated heterocycles. The fourth-order valence-corrected chi connectivity index (χ4v) is 3.21. The van der Waals surface area contributed by atoms with Gasteiger partial charge in [0.2, 0.25) is 0 Å². The standard InChI is InChI=1S/C15H24N2O3S/c1-11(2)9-12(3)20-7-8-21(18,19)14-6-4-5-13(10-14)15(16)17/h4-6,10-12H,7-9H2,1-3H3,(H3,16,17). The zero-order valence-electron chi connectivity index (χ0n) is 12.8. The van der Waals surface area contributed by atoms with Crippen molar-refractivity contribution in [2.75, 3.05) is 12.4 Å². The van der Waals surface area contributed by atoms with Crippen LogP contribution in [0.4, 0.5) is 0 Å². The number of ether oxygens (including phenoxy) is 1. The number of sulfone groups is 1. The SMILES string of the molecule is CC(C)CC(C)OCCS(=O)(=O)c1cccc(C(=N)N)c1. The molecule has 1 rings (SSSR count). The van der Waals surface area contributed by atoms with E-state index < -0.39 is 9.84 Å². The van der Waals surface area contributed by atoms with E-state index in [4.69, 9.17) is 15.9 Å². The van der Waals surface area contributed by atoms with Gasteiger partial charge in [-0.3, -0.25) is 5.41 Å². The maximum atomic E-state index is 12.2. The highest BCUT2D eigenvalue weighted by Gasteiger charge is 2.16. The summed E-state index contributed by atoms with van der Waals surface area (Å²) in [6.07, 6.45) is 0.948. The molecule has 6 heteroatoms. The first kappa shape index (κ1) is 17.7. The van der Waals surface area contributed by atoms with Gasteiger partial charge in [0.25, 0.3) is 0 Å². The summed E-state index contributed by atoms with van der Waals surface area (Å²) in [6, 6.07) is 6.14. The average Bonchev–Trinajstić information content (AvgIpc) is 2.37. The lowest BCUT2D eigenvalue weighted by Gasteiger charge is -2.15. The molecule has 0 saturated carbocycles. The Morgan fingerprint density at radius 3 is 2.57 bits per heavy atom. The van der Waals surface area contributed by atoms with E-state index >= 15 is 0 Å². The summed E-state index contributed by atoms with van der Waals surface area (Å²) in [7, 11) is -3.42. The molecule has 5 nitrogen and oxygen atoms in total. The Labute approximate surface area is 126 Å². The van der Waals surface area contributed by atoms with Crippen molar-refractivity contribution < 1.29 is 13.2 Å². The van der Waals surface area contributed by atoms with Gasteiger partial charge in [-0.05, 0) is 31.4 Å². The maximum absolute atomic E-state index is 12.2. The molecule has 118 valence electrons. The van der Waals surface area contributed by atoms with Gasteiger partial charge in [-0.1, -0.05) is 26.0 Å². The van der Waals surface area contributed by atoms with Crippen molar-refractivity contribution in [2.24, 2.45) is 11.7 Å². The number of rotatable bonds is 8. The lowest BCUT2D eigenvalue weighted by atomic mass is 10.1. The van der Waals surface area contributed by atoms with E-state index in [0.29, 0.717) is 11.5 Å². The summed E-state index contributed by atoms with van der Waals surface area (Å²) in [5.41, 5.74) is 5.78. The van der Waals surface area contributed by atoms with Gasteiger partial charge in [-0.2, -0.15) is 0 Å². The van der Waals surface area contributed by atoms with Crippen LogP contribution in [0.2, 0.25) is 0 Å². The van der Waals surface area contributed by atoms with E-state index in [1.165, 1.54) is 12.1 Å². The third-order valence-electron chi connectivity index (χ3n) is 3.06. The highest BCUT2D eigenvalue weighted by atomic mass is 32.2. The second-order valence-corrected chi connectivity index (χ2v) is 7.68. The summed E-state index contributed by atoms with van der Waals surface area (Å²) in [6.45, 7) is 6.32. The highest BCUT2D eigenvalue weighted by molar-refractivity contribution is 7.91. The lowest BCUT2D eigenvalue weighted by molar-refractivity contribution is 0.0627. The Kier molecular flexibility index (Phi) is 6.36. The molecule has 1 unspecified atom stereocenters. The normalized spacial score (nSPS) is 13.3. The smallest absolute Gasteiger partial charge is 0.180 e. The van der Waals surface area contributed by atoms with Crippen molar-refractivity contribution in [1.82, 2.24) is 0 Å². The van der Waals surface area contributed by atoms with E-state index in [0.717, 1.165) is 6.42 Å². The molecule has 1 atom stereocenters. The summed E-state index contributed by atoms with van der Waals surface area (Å²) in [4.78, 5) is 0.176. The molecule has 0 radical (unpaired) electrons. The minimum absolute atomic E-state index is 0.0451. The van der Waals surface area contributed by atoms with Gasteiger partial charge in [0.1, 0.15) is 5.84 Å². The van der Waals surface area contributed by atoms with Crippen LogP contribution in [0.15, 0.2) is 29.2 Å². The Bertz CT molecular complexity index is 582. The molecule has 0 bridgehead atoms. The number of benzene rings is 1. The van der Waals surface area contributed by atoms with Crippen LogP contribution in [0.25, 0.3) is 0 Å². The van der Waals surface area contributed by atoms with E-state index in [1.54, 1.807) is 12.1 Å². The highest BCUT2D eigenvalue weighted by Crippen LogP contribution is 2.14. The van der Waals surface area contributed by atoms with Crippen LogP contribution in [-0.2, 0) is 14.6 Å². The first-order chi connectivity index (χ1) is 9.72. The topological polar surface area (TPSA) is 93.2 Å². The summed E-state index contributed by atoms with van der Waals surface area (Å²) >= 11 is 0. The molecule has 21 heavy (non-hydrogen) atoms. The molecule has 0 heterocycles. The molecule has 0 aromatic heterocycles. The van der Waals surface area contributed by atoms with Crippen molar-refractivity contribution in [3.63, 3.8) is 0 Å².